The first kappa shape index (κ1) is 16.1. The largest absolute Gasteiger partial charge is 0.463 e. The van der Waals surface area contributed by atoms with Crippen LogP contribution in [0.1, 0.15) is 34.5 Å². The minimum atomic E-state index is 0.151. The molecule has 3 aromatic rings. The number of thiazole rings is 1. The number of hydrogen-bond acceptors (Lipinski definition) is 5. The highest BCUT2D eigenvalue weighted by Gasteiger charge is 2.26. The molecule has 4 rings (SSSR count). The van der Waals surface area contributed by atoms with E-state index in [1.165, 1.54) is 0 Å². The maximum Gasteiger partial charge on any atom is 0.229 e. The smallest absolute Gasteiger partial charge is 0.229 e. The lowest BCUT2D eigenvalue weighted by atomic mass is 9.96. The second-order valence-electron chi connectivity index (χ2n) is 6.30. The van der Waals surface area contributed by atoms with E-state index in [4.69, 9.17) is 4.42 Å². The average molecular weight is 356 g/mol. The first-order valence-electron chi connectivity index (χ1n) is 8.48. The van der Waals surface area contributed by atoms with Crippen LogP contribution in [0.15, 0.2) is 35.2 Å². The fraction of sp³-hybridized carbons (Fsp3) is 0.389. The Balaban J connectivity index is 1.37. The van der Waals surface area contributed by atoms with E-state index in [9.17, 15) is 4.79 Å². The van der Waals surface area contributed by atoms with Gasteiger partial charge in [0.1, 0.15) is 16.5 Å². The Bertz CT molecular complexity index is 831. The zero-order valence-electron chi connectivity index (χ0n) is 14.1. The van der Waals surface area contributed by atoms with Crippen molar-refractivity contribution in [2.45, 2.75) is 32.1 Å². The van der Waals surface area contributed by atoms with Gasteiger partial charge in [-0.1, -0.05) is 0 Å². The second kappa shape index (κ2) is 6.84. The van der Waals surface area contributed by atoms with Crippen molar-refractivity contribution in [3.63, 3.8) is 0 Å². The molecule has 4 heterocycles. The summed E-state index contributed by atoms with van der Waals surface area (Å²) in [4.78, 5) is 27.8. The number of H-pyrrole nitrogens is 1. The molecular weight excluding hydrogens is 336 g/mol. The summed E-state index contributed by atoms with van der Waals surface area (Å²) in [6.45, 7) is 3.57. The number of aromatic nitrogens is 3. The molecule has 7 heteroatoms. The lowest BCUT2D eigenvalue weighted by Gasteiger charge is -2.31. The van der Waals surface area contributed by atoms with Crippen molar-refractivity contribution in [2.75, 3.05) is 13.1 Å². The van der Waals surface area contributed by atoms with Gasteiger partial charge in [-0.15, -0.1) is 11.3 Å². The van der Waals surface area contributed by atoms with E-state index in [0.29, 0.717) is 12.3 Å². The quantitative estimate of drug-likeness (QED) is 0.777. The Hall–Kier alpha value is -2.41. The first-order chi connectivity index (χ1) is 12.2. The van der Waals surface area contributed by atoms with Crippen molar-refractivity contribution in [1.29, 1.82) is 0 Å². The van der Waals surface area contributed by atoms with Crippen LogP contribution in [0.2, 0.25) is 0 Å². The molecule has 6 nitrogen and oxygen atoms in total. The summed E-state index contributed by atoms with van der Waals surface area (Å²) in [6.07, 6.45) is 7.55. The van der Waals surface area contributed by atoms with Crippen LogP contribution in [-0.4, -0.2) is 38.8 Å². The van der Waals surface area contributed by atoms with Crippen molar-refractivity contribution in [3.8, 4) is 11.5 Å². The van der Waals surface area contributed by atoms with Crippen LogP contribution in [0.5, 0.6) is 0 Å². The molecule has 0 spiro atoms. The predicted octanol–water partition coefficient (Wildman–Crippen LogP) is 3.38. The molecule has 0 atom stereocenters. The second-order valence-corrected chi connectivity index (χ2v) is 7.58. The topological polar surface area (TPSA) is 75.0 Å². The number of amides is 1. The van der Waals surface area contributed by atoms with Crippen LogP contribution < -0.4 is 0 Å². The van der Waals surface area contributed by atoms with E-state index in [1.54, 1.807) is 23.8 Å². The molecule has 1 N–H and O–H groups in total. The Morgan fingerprint density at radius 1 is 1.44 bits per heavy atom. The number of aryl methyl sites for hydroxylation is 1. The number of aromatic amines is 1. The molecule has 0 unspecified atom stereocenters. The van der Waals surface area contributed by atoms with E-state index in [2.05, 4.69) is 15.0 Å². The molecule has 1 aliphatic heterocycles. The summed E-state index contributed by atoms with van der Waals surface area (Å²) in [6, 6.07) is 3.75. The van der Waals surface area contributed by atoms with Gasteiger partial charge in [0.15, 0.2) is 5.76 Å². The molecule has 25 heavy (non-hydrogen) atoms. The van der Waals surface area contributed by atoms with Crippen molar-refractivity contribution in [1.82, 2.24) is 19.9 Å². The molecule has 3 aromatic heterocycles. The van der Waals surface area contributed by atoms with E-state index in [0.717, 1.165) is 53.1 Å². The molecule has 0 aliphatic carbocycles. The fourth-order valence-corrected chi connectivity index (χ4v) is 4.24. The SMILES string of the molecule is Cc1sc(CC(=O)N2CCC(c3ncc[nH]3)CC2)nc1-c1ccco1. The normalized spacial score (nSPS) is 15.6. The highest BCUT2D eigenvalue weighted by molar-refractivity contribution is 7.12. The number of hydrogen-bond donors (Lipinski definition) is 1. The van der Waals surface area contributed by atoms with Gasteiger partial charge in [-0.05, 0) is 31.9 Å². The molecule has 1 fully saturated rings. The van der Waals surface area contributed by atoms with E-state index in [-0.39, 0.29) is 5.91 Å². The van der Waals surface area contributed by atoms with Gasteiger partial charge in [0.05, 0.1) is 12.7 Å². The minimum absolute atomic E-state index is 0.151. The van der Waals surface area contributed by atoms with Gasteiger partial charge in [-0.25, -0.2) is 9.97 Å². The summed E-state index contributed by atoms with van der Waals surface area (Å²) >= 11 is 1.57. The van der Waals surface area contributed by atoms with Gasteiger partial charge >= 0.3 is 0 Å². The van der Waals surface area contributed by atoms with Crippen molar-refractivity contribution >= 4 is 17.2 Å². The minimum Gasteiger partial charge on any atom is -0.463 e. The van der Waals surface area contributed by atoms with Crippen LogP contribution in [0.25, 0.3) is 11.5 Å². The summed E-state index contributed by atoms with van der Waals surface area (Å²) in [5, 5.41) is 0.849. The number of likely N-dealkylation sites (tertiary alicyclic amines) is 1. The number of furan rings is 1. The molecule has 0 bridgehead atoms. The van der Waals surface area contributed by atoms with Gasteiger partial charge in [0, 0.05) is 36.3 Å². The third-order valence-corrected chi connectivity index (χ3v) is 5.62. The number of piperidine rings is 1. The number of rotatable bonds is 4. The molecule has 130 valence electrons. The summed E-state index contributed by atoms with van der Waals surface area (Å²) < 4.78 is 5.42. The lowest BCUT2D eigenvalue weighted by Crippen LogP contribution is -2.38. The summed E-state index contributed by atoms with van der Waals surface area (Å²) in [5.74, 6) is 2.36. The van der Waals surface area contributed by atoms with Crippen LogP contribution in [0.4, 0.5) is 0 Å². The van der Waals surface area contributed by atoms with E-state index < -0.39 is 0 Å². The Kier molecular flexibility index (Phi) is 4.40. The highest BCUT2D eigenvalue weighted by atomic mass is 32.1. The van der Waals surface area contributed by atoms with Crippen molar-refractivity contribution in [3.05, 3.63) is 46.5 Å². The summed E-state index contributed by atoms with van der Waals surface area (Å²) in [5.41, 5.74) is 0.842. The predicted molar refractivity (Wildman–Crippen MR) is 95.4 cm³/mol. The molecule has 1 aliphatic rings. The standard InChI is InChI=1S/C18H20N4O2S/c1-12-17(14-3-2-10-24-14)21-15(25-12)11-16(23)22-8-4-13(5-9-22)18-19-6-7-20-18/h2-3,6-7,10,13H,4-5,8-9,11H2,1H3,(H,19,20). The van der Waals surface area contributed by atoms with E-state index >= 15 is 0 Å². The number of carbonyl (C=O) groups excluding carboxylic acids is 1. The average Bonchev–Trinajstić information content (AvgIpc) is 3.37. The molecule has 0 aromatic carbocycles. The van der Waals surface area contributed by atoms with Crippen LogP contribution in [0, 0.1) is 6.92 Å². The van der Waals surface area contributed by atoms with Crippen LogP contribution >= 0.6 is 11.3 Å². The molecule has 1 amide bonds. The Morgan fingerprint density at radius 2 is 2.28 bits per heavy atom. The monoisotopic (exact) mass is 356 g/mol. The third kappa shape index (κ3) is 3.37. The third-order valence-electron chi connectivity index (χ3n) is 4.65. The van der Waals surface area contributed by atoms with Crippen LogP contribution in [0.3, 0.4) is 0 Å². The zero-order chi connectivity index (χ0) is 17.2. The zero-order valence-corrected chi connectivity index (χ0v) is 14.9. The summed E-state index contributed by atoms with van der Waals surface area (Å²) in [7, 11) is 0. The number of nitrogens with one attached hydrogen (secondary N) is 1. The van der Waals surface area contributed by atoms with Gasteiger partial charge in [0.25, 0.3) is 0 Å². The lowest BCUT2D eigenvalue weighted by molar-refractivity contribution is -0.131. The molecule has 0 saturated carbocycles. The van der Waals surface area contributed by atoms with Crippen molar-refractivity contribution < 1.29 is 9.21 Å². The highest BCUT2D eigenvalue weighted by Crippen LogP contribution is 2.29. The maximum atomic E-state index is 12.6. The molecular formula is C18H20N4O2S. The fourth-order valence-electron chi connectivity index (χ4n) is 3.31. The van der Waals surface area contributed by atoms with Gasteiger partial charge in [0.2, 0.25) is 5.91 Å². The van der Waals surface area contributed by atoms with Crippen molar-refractivity contribution in [2.24, 2.45) is 0 Å². The first-order valence-corrected chi connectivity index (χ1v) is 9.29. The molecule has 1 saturated heterocycles. The molecule has 0 radical (unpaired) electrons. The van der Waals surface area contributed by atoms with E-state index in [1.807, 2.05) is 30.2 Å². The number of imidazole rings is 1. The van der Waals surface area contributed by atoms with Gasteiger partial charge in [-0.3, -0.25) is 4.79 Å². The van der Waals surface area contributed by atoms with Gasteiger partial charge in [-0.2, -0.15) is 0 Å². The number of nitrogens with zero attached hydrogens (tertiary/aromatic N) is 3. The number of carbonyl (C=O) groups is 1. The van der Waals surface area contributed by atoms with Gasteiger partial charge < -0.3 is 14.3 Å². The Morgan fingerprint density at radius 3 is 2.96 bits per heavy atom. The van der Waals surface area contributed by atoms with Crippen LogP contribution in [-0.2, 0) is 11.2 Å². The maximum absolute atomic E-state index is 12.6. The Labute approximate surface area is 149 Å².